The summed E-state index contributed by atoms with van der Waals surface area (Å²) < 4.78 is 5.39. The van der Waals surface area contributed by atoms with E-state index < -0.39 is 0 Å². The van der Waals surface area contributed by atoms with Crippen LogP contribution in [-0.2, 0) is 0 Å². The Bertz CT molecular complexity index is 321. The lowest BCUT2D eigenvalue weighted by Crippen LogP contribution is -1.94. The summed E-state index contributed by atoms with van der Waals surface area (Å²) in [6.45, 7) is 2.43. The molecule has 0 unspecified atom stereocenters. The Labute approximate surface area is 88.8 Å². The Balaban J connectivity index is 2.51. The highest BCUT2D eigenvalue weighted by atomic mass is 35.5. The molecule has 1 N–H and O–H groups in total. The molecule has 1 aromatic rings. The summed E-state index contributed by atoms with van der Waals surface area (Å²) in [5.74, 6) is 0.787. The summed E-state index contributed by atoms with van der Waals surface area (Å²) in [7, 11) is 0. The molecule has 0 amide bonds. The van der Waals surface area contributed by atoms with Crippen molar-refractivity contribution in [1.82, 2.24) is 0 Å². The van der Waals surface area contributed by atoms with Crippen molar-refractivity contribution in [2.45, 2.75) is 6.92 Å². The van der Waals surface area contributed by atoms with Crippen LogP contribution < -0.4 is 4.74 Å². The predicted octanol–water partition coefficient (Wildman–Crippen LogP) is 2.58. The third kappa shape index (κ3) is 3.40. The largest absolute Gasteiger partial charge is 0.490 e. The van der Waals surface area contributed by atoms with Gasteiger partial charge in [-0.15, -0.1) is 0 Å². The number of aliphatic hydroxyl groups is 1. The molecule has 76 valence electrons. The summed E-state index contributed by atoms with van der Waals surface area (Å²) in [6, 6.07) is 5.51. The van der Waals surface area contributed by atoms with Gasteiger partial charge in [0.15, 0.2) is 0 Å². The maximum Gasteiger partial charge on any atom is 0.120 e. The zero-order valence-electron chi connectivity index (χ0n) is 8.03. The van der Waals surface area contributed by atoms with Crippen LogP contribution >= 0.6 is 11.6 Å². The predicted molar refractivity (Wildman–Crippen MR) is 57.9 cm³/mol. The third-order valence-corrected chi connectivity index (χ3v) is 2.17. The summed E-state index contributed by atoms with van der Waals surface area (Å²) >= 11 is 5.86. The molecular weight excluding hydrogens is 200 g/mol. The molecule has 0 aliphatic carbocycles. The Kier molecular flexibility index (Phi) is 4.50. The van der Waals surface area contributed by atoms with Crippen molar-refractivity contribution in [2.24, 2.45) is 0 Å². The van der Waals surface area contributed by atoms with Gasteiger partial charge in [-0.2, -0.15) is 0 Å². The van der Waals surface area contributed by atoms with E-state index in [0.717, 1.165) is 16.3 Å². The molecule has 0 aromatic heterocycles. The number of hydrogen-bond donors (Lipinski definition) is 1. The minimum absolute atomic E-state index is 0.0446. The average molecular weight is 213 g/mol. The van der Waals surface area contributed by atoms with E-state index in [-0.39, 0.29) is 6.61 Å². The Morgan fingerprint density at radius 2 is 2.21 bits per heavy atom. The fourth-order valence-corrected chi connectivity index (χ4v) is 1.11. The fourth-order valence-electron chi connectivity index (χ4n) is 0.994. The average Bonchev–Trinajstić information content (AvgIpc) is 2.18. The van der Waals surface area contributed by atoms with Gasteiger partial charge in [-0.1, -0.05) is 17.7 Å². The molecule has 0 bridgehead atoms. The van der Waals surface area contributed by atoms with Gasteiger partial charge in [0, 0.05) is 5.02 Å². The van der Waals surface area contributed by atoms with Gasteiger partial charge in [0.05, 0.1) is 6.61 Å². The first-order valence-electron chi connectivity index (χ1n) is 4.39. The summed E-state index contributed by atoms with van der Waals surface area (Å²) in [5, 5.41) is 9.22. The number of halogens is 1. The number of benzene rings is 1. The Morgan fingerprint density at radius 1 is 1.43 bits per heavy atom. The van der Waals surface area contributed by atoms with E-state index in [2.05, 4.69) is 0 Å². The maximum absolute atomic E-state index is 8.48. The number of ether oxygens (including phenoxy) is 1. The lowest BCUT2D eigenvalue weighted by molar-refractivity contribution is 0.336. The first-order chi connectivity index (χ1) is 6.74. The van der Waals surface area contributed by atoms with Crippen LogP contribution in [0.4, 0.5) is 0 Å². The Hall–Kier alpha value is -0.990. The van der Waals surface area contributed by atoms with Crippen LogP contribution in [0.1, 0.15) is 5.56 Å². The number of hydrogen-bond acceptors (Lipinski definition) is 2. The first kappa shape index (κ1) is 11.1. The highest BCUT2D eigenvalue weighted by Gasteiger charge is 1.96. The zero-order chi connectivity index (χ0) is 10.4. The SMILES string of the molecule is Cc1cc(OC/C=C/CO)ccc1Cl. The molecule has 0 aliphatic rings. The fraction of sp³-hybridized carbons (Fsp3) is 0.273. The van der Waals surface area contributed by atoms with Gasteiger partial charge in [-0.05, 0) is 36.8 Å². The molecule has 0 atom stereocenters. The molecule has 1 rings (SSSR count). The van der Waals surface area contributed by atoms with Gasteiger partial charge in [0.1, 0.15) is 12.4 Å². The topological polar surface area (TPSA) is 29.5 Å². The second-order valence-corrected chi connectivity index (χ2v) is 3.28. The standard InChI is InChI=1S/C11H13ClO2/c1-9-8-10(4-5-11(9)12)14-7-3-2-6-13/h2-5,8,13H,6-7H2,1H3/b3-2+. The molecule has 0 spiro atoms. The van der Waals surface area contributed by atoms with Crippen LogP contribution in [0.5, 0.6) is 5.75 Å². The molecule has 0 radical (unpaired) electrons. The van der Waals surface area contributed by atoms with Gasteiger partial charge in [-0.25, -0.2) is 0 Å². The van der Waals surface area contributed by atoms with Crippen LogP contribution in [0.15, 0.2) is 30.4 Å². The minimum Gasteiger partial charge on any atom is -0.490 e. The van der Waals surface area contributed by atoms with Crippen molar-refractivity contribution in [1.29, 1.82) is 0 Å². The highest BCUT2D eigenvalue weighted by molar-refractivity contribution is 6.31. The summed E-state index contributed by atoms with van der Waals surface area (Å²) in [6.07, 6.45) is 3.41. The van der Waals surface area contributed by atoms with E-state index in [4.69, 9.17) is 21.4 Å². The lowest BCUT2D eigenvalue weighted by Gasteiger charge is -2.04. The van der Waals surface area contributed by atoms with Crippen LogP contribution in [0.2, 0.25) is 5.02 Å². The molecule has 0 fully saturated rings. The minimum atomic E-state index is 0.0446. The van der Waals surface area contributed by atoms with Crippen molar-refractivity contribution in [3.63, 3.8) is 0 Å². The molecule has 0 aliphatic heterocycles. The van der Waals surface area contributed by atoms with Crippen molar-refractivity contribution in [2.75, 3.05) is 13.2 Å². The van der Waals surface area contributed by atoms with Crippen LogP contribution in [0.25, 0.3) is 0 Å². The van der Waals surface area contributed by atoms with E-state index >= 15 is 0 Å². The second kappa shape index (κ2) is 5.68. The van der Waals surface area contributed by atoms with Crippen LogP contribution in [0, 0.1) is 6.92 Å². The van der Waals surface area contributed by atoms with Crippen molar-refractivity contribution in [3.8, 4) is 5.75 Å². The number of rotatable bonds is 4. The Morgan fingerprint density at radius 3 is 2.86 bits per heavy atom. The monoisotopic (exact) mass is 212 g/mol. The normalized spacial score (nSPS) is 10.8. The van der Waals surface area contributed by atoms with Crippen LogP contribution in [-0.4, -0.2) is 18.3 Å². The van der Waals surface area contributed by atoms with Gasteiger partial charge in [-0.3, -0.25) is 0 Å². The van der Waals surface area contributed by atoms with Gasteiger partial charge >= 0.3 is 0 Å². The van der Waals surface area contributed by atoms with Gasteiger partial charge < -0.3 is 9.84 Å². The smallest absolute Gasteiger partial charge is 0.120 e. The maximum atomic E-state index is 8.48. The summed E-state index contributed by atoms with van der Waals surface area (Å²) in [4.78, 5) is 0. The number of aryl methyl sites for hydroxylation is 1. The van der Waals surface area contributed by atoms with Gasteiger partial charge in [0.25, 0.3) is 0 Å². The zero-order valence-corrected chi connectivity index (χ0v) is 8.79. The van der Waals surface area contributed by atoms with Crippen LogP contribution in [0.3, 0.4) is 0 Å². The molecule has 0 saturated carbocycles. The van der Waals surface area contributed by atoms with E-state index in [1.165, 1.54) is 0 Å². The molecule has 0 saturated heterocycles. The molecule has 2 nitrogen and oxygen atoms in total. The quantitative estimate of drug-likeness (QED) is 0.778. The van der Waals surface area contributed by atoms with Crippen molar-refractivity contribution in [3.05, 3.63) is 40.9 Å². The third-order valence-electron chi connectivity index (χ3n) is 1.75. The van der Waals surface area contributed by atoms with E-state index in [9.17, 15) is 0 Å². The van der Waals surface area contributed by atoms with Crippen molar-refractivity contribution >= 4 is 11.6 Å². The number of aliphatic hydroxyl groups excluding tert-OH is 1. The molecule has 0 heterocycles. The van der Waals surface area contributed by atoms with Crippen molar-refractivity contribution < 1.29 is 9.84 Å². The van der Waals surface area contributed by atoms with E-state index in [1.54, 1.807) is 12.2 Å². The van der Waals surface area contributed by atoms with Gasteiger partial charge in [0.2, 0.25) is 0 Å². The second-order valence-electron chi connectivity index (χ2n) is 2.88. The van der Waals surface area contributed by atoms with E-state index in [0.29, 0.717) is 6.61 Å². The lowest BCUT2D eigenvalue weighted by atomic mass is 10.2. The molecule has 14 heavy (non-hydrogen) atoms. The highest BCUT2D eigenvalue weighted by Crippen LogP contribution is 2.20. The summed E-state index contributed by atoms with van der Waals surface area (Å²) in [5.41, 5.74) is 0.996. The molecular formula is C11H13ClO2. The first-order valence-corrected chi connectivity index (χ1v) is 4.76. The molecule has 1 aromatic carbocycles. The van der Waals surface area contributed by atoms with E-state index in [1.807, 2.05) is 25.1 Å². The molecule has 3 heteroatoms.